The number of fused-ring (bicyclic) bond motifs is 1. The smallest absolute Gasteiger partial charge is 0.176 e. The van der Waals surface area contributed by atoms with E-state index in [1.807, 2.05) is 0 Å². The van der Waals surface area contributed by atoms with Crippen molar-refractivity contribution in [2.75, 3.05) is 45.9 Å². The normalized spacial score (nSPS) is 19.1. The predicted molar refractivity (Wildman–Crippen MR) is 78.1 cm³/mol. The Bertz CT molecular complexity index is 493. The van der Waals surface area contributed by atoms with E-state index in [-0.39, 0.29) is 5.82 Å². The number of ether oxygens (including phenoxy) is 2. The van der Waals surface area contributed by atoms with Gasteiger partial charge in [-0.3, -0.25) is 0 Å². The summed E-state index contributed by atoms with van der Waals surface area (Å²) in [5.74, 6) is 0.899. The van der Waals surface area contributed by atoms with Gasteiger partial charge >= 0.3 is 0 Å². The van der Waals surface area contributed by atoms with E-state index in [0.29, 0.717) is 41.2 Å². The molecule has 6 heteroatoms. The molecule has 20 heavy (non-hydrogen) atoms. The summed E-state index contributed by atoms with van der Waals surface area (Å²) in [6.45, 7) is 5.88. The molecule has 2 aliphatic rings. The van der Waals surface area contributed by atoms with E-state index in [9.17, 15) is 4.39 Å². The first-order valence-electron chi connectivity index (χ1n) is 6.95. The van der Waals surface area contributed by atoms with E-state index in [1.54, 1.807) is 0 Å². The van der Waals surface area contributed by atoms with E-state index in [1.165, 1.54) is 6.07 Å². The van der Waals surface area contributed by atoms with Crippen molar-refractivity contribution in [2.24, 2.45) is 0 Å². The van der Waals surface area contributed by atoms with Crippen molar-refractivity contribution >= 4 is 15.9 Å². The molecule has 0 saturated carbocycles. The minimum absolute atomic E-state index is 0.226. The molecule has 0 radical (unpaired) electrons. The molecule has 1 N–H and O–H groups in total. The molecule has 3 rings (SSSR count). The average Bonchev–Trinajstić information content (AvgIpc) is 2.48. The fraction of sp³-hybridized carbons (Fsp3) is 0.571. The highest BCUT2D eigenvalue weighted by Gasteiger charge is 2.22. The second kappa shape index (κ2) is 6.28. The molecule has 0 bridgehead atoms. The van der Waals surface area contributed by atoms with E-state index < -0.39 is 0 Å². The molecule has 4 nitrogen and oxygen atoms in total. The van der Waals surface area contributed by atoms with Crippen molar-refractivity contribution in [1.82, 2.24) is 10.2 Å². The lowest BCUT2D eigenvalue weighted by Gasteiger charge is -2.27. The molecule has 2 aliphatic heterocycles. The van der Waals surface area contributed by atoms with E-state index >= 15 is 0 Å². The first-order valence-corrected chi connectivity index (χ1v) is 7.74. The van der Waals surface area contributed by atoms with Gasteiger partial charge in [-0.1, -0.05) is 0 Å². The predicted octanol–water partition coefficient (Wildman–Crippen LogP) is 1.81. The third-order valence-corrected chi connectivity index (χ3v) is 4.55. The maximum atomic E-state index is 14.2. The van der Waals surface area contributed by atoms with Crippen LogP contribution in [0.25, 0.3) is 0 Å². The maximum absolute atomic E-state index is 14.2. The molecule has 0 atom stereocenters. The zero-order valence-corrected chi connectivity index (χ0v) is 12.8. The SMILES string of the molecule is Fc1cc2c(c(Br)c1CCN1CCNCC1)OCCO2. The fourth-order valence-electron chi connectivity index (χ4n) is 2.59. The summed E-state index contributed by atoms with van der Waals surface area (Å²) in [5, 5.41) is 3.32. The van der Waals surface area contributed by atoms with Crippen molar-refractivity contribution < 1.29 is 13.9 Å². The van der Waals surface area contributed by atoms with E-state index in [4.69, 9.17) is 9.47 Å². The number of nitrogens with zero attached hydrogens (tertiary/aromatic N) is 1. The van der Waals surface area contributed by atoms with Crippen LogP contribution in [0.1, 0.15) is 5.56 Å². The van der Waals surface area contributed by atoms with Gasteiger partial charge in [0.15, 0.2) is 11.5 Å². The number of benzene rings is 1. The summed E-state index contributed by atoms with van der Waals surface area (Å²) in [6.07, 6.45) is 0.670. The molecule has 1 saturated heterocycles. The molecule has 110 valence electrons. The van der Waals surface area contributed by atoms with Crippen LogP contribution in [0.15, 0.2) is 10.5 Å². The second-order valence-electron chi connectivity index (χ2n) is 5.02. The summed E-state index contributed by atoms with van der Waals surface area (Å²) in [7, 11) is 0. The third-order valence-electron chi connectivity index (χ3n) is 3.71. The molecule has 1 aromatic carbocycles. The van der Waals surface area contributed by atoms with Crippen LogP contribution in [-0.4, -0.2) is 50.8 Å². The quantitative estimate of drug-likeness (QED) is 0.906. The van der Waals surface area contributed by atoms with Crippen molar-refractivity contribution in [2.45, 2.75) is 6.42 Å². The Balaban J connectivity index is 1.75. The highest BCUT2D eigenvalue weighted by atomic mass is 79.9. The third kappa shape index (κ3) is 2.92. The van der Waals surface area contributed by atoms with Gasteiger partial charge in [-0.25, -0.2) is 4.39 Å². The first kappa shape index (κ1) is 14.1. The van der Waals surface area contributed by atoms with Crippen molar-refractivity contribution in [3.8, 4) is 11.5 Å². The summed E-state index contributed by atoms with van der Waals surface area (Å²) in [4.78, 5) is 2.35. The minimum Gasteiger partial charge on any atom is -0.486 e. The van der Waals surface area contributed by atoms with Gasteiger partial charge in [0.1, 0.15) is 19.0 Å². The Hall–Kier alpha value is -0.850. The summed E-state index contributed by atoms with van der Waals surface area (Å²) in [6, 6.07) is 1.44. The van der Waals surface area contributed by atoms with Crippen LogP contribution in [0.2, 0.25) is 0 Å². The Morgan fingerprint density at radius 2 is 2.00 bits per heavy atom. The number of hydrogen-bond donors (Lipinski definition) is 1. The van der Waals surface area contributed by atoms with Crippen LogP contribution in [-0.2, 0) is 6.42 Å². The minimum atomic E-state index is -0.226. The Kier molecular flexibility index (Phi) is 4.43. The lowest BCUT2D eigenvalue weighted by molar-refractivity contribution is 0.169. The van der Waals surface area contributed by atoms with E-state index in [0.717, 1.165) is 32.7 Å². The van der Waals surface area contributed by atoms with Crippen LogP contribution in [0.3, 0.4) is 0 Å². The topological polar surface area (TPSA) is 33.7 Å². The van der Waals surface area contributed by atoms with Gasteiger partial charge in [-0.05, 0) is 22.4 Å². The summed E-state index contributed by atoms with van der Waals surface area (Å²) < 4.78 is 25.9. The zero-order valence-electron chi connectivity index (χ0n) is 11.3. The molecule has 1 aromatic rings. The molecule has 0 aliphatic carbocycles. The zero-order chi connectivity index (χ0) is 13.9. The van der Waals surface area contributed by atoms with Crippen molar-refractivity contribution in [3.63, 3.8) is 0 Å². The largest absolute Gasteiger partial charge is 0.486 e. The first-order chi connectivity index (χ1) is 9.75. The molecular formula is C14H18BrFN2O2. The van der Waals surface area contributed by atoms with Gasteiger partial charge in [0, 0.05) is 44.4 Å². The lowest BCUT2D eigenvalue weighted by Crippen LogP contribution is -2.44. The molecule has 0 aromatic heterocycles. The Labute approximate surface area is 126 Å². The maximum Gasteiger partial charge on any atom is 0.176 e. The lowest BCUT2D eigenvalue weighted by atomic mass is 10.1. The molecule has 2 heterocycles. The molecule has 0 amide bonds. The Morgan fingerprint density at radius 1 is 1.25 bits per heavy atom. The highest BCUT2D eigenvalue weighted by Crippen LogP contribution is 2.41. The number of halogens is 2. The summed E-state index contributed by atoms with van der Waals surface area (Å²) in [5.41, 5.74) is 0.674. The molecule has 0 spiro atoms. The fourth-order valence-corrected chi connectivity index (χ4v) is 3.29. The van der Waals surface area contributed by atoms with Crippen LogP contribution in [0.4, 0.5) is 4.39 Å². The van der Waals surface area contributed by atoms with Gasteiger partial charge in [-0.15, -0.1) is 0 Å². The number of hydrogen-bond acceptors (Lipinski definition) is 4. The number of piperazine rings is 1. The van der Waals surface area contributed by atoms with Crippen molar-refractivity contribution in [3.05, 3.63) is 21.9 Å². The Morgan fingerprint density at radius 3 is 2.80 bits per heavy atom. The van der Waals surface area contributed by atoms with Crippen LogP contribution in [0.5, 0.6) is 11.5 Å². The monoisotopic (exact) mass is 344 g/mol. The number of rotatable bonds is 3. The van der Waals surface area contributed by atoms with Gasteiger partial charge in [0.2, 0.25) is 0 Å². The summed E-state index contributed by atoms with van der Waals surface area (Å²) >= 11 is 3.47. The number of nitrogens with one attached hydrogen (secondary N) is 1. The molecule has 0 unspecified atom stereocenters. The molecular weight excluding hydrogens is 327 g/mol. The van der Waals surface area contributed by atoms with Crippen LogP contribution < -0.4 is 14.8 Å². The second-order valence-corrected chi connectivity index (χ2v) is 5.81. The van der Waals surface area contributed by atoms with Gasteiger partial charge < -0.3 is 19.7 Å². The van der Waals surface area contributed by atoms with Gasteiger partial charge in [-0.2, -0.15) is 0 Å². The highest BCUT2D eigenvalue weighted by molar-refractivity contribution is 9.10. The van der Waals surface area contributed by atoms with Crippen LogP contribution >= 0.6 is 15.9 Å². The standard InChI is InChI=1S/C14H18BrFN2O2/c15-13-10(1-4-18-5-2-17-3-6-18)11(16)9-12-14(13)20-8-7-19-12/h9,17H,1-8H2. The average molecular weight is 345 g/mol. The van der Waals surface area contributed by atoms with Crippen molar-refractivity contribution in [1.29, 1.82) is 0 Å². The van der Waals surface area contributed by atoms with Gasteiger partial charge in [0.25, 0.3) is 0 Å². The van der Waals surface area contributed by atoms with Crippen LogP contribution in [0, 0.1) is 5.82 Å². The molecule has 1 fully saturated rings. The van der Waals surface area contributed by atoms with Gasteiger partial charge in [0.05, 0.1) is 4.47 Å². The van der Waals surface area contributed by atoms with E-state index in [2.05, 4.69) is 26.1 Å².